The summed E-state index contributed by atoms with van der Waals surface area (Å²) < 4.78 is 12.6. The number of carbonyl (C=O) groups excluding carboxylic acids is 1. The Bertz CT molecular complexity index is 237. The predicted molar refractivity (Wildman–Crippen MR) is 51.4 cm³/mol. The lowest BCUT2D eigenvalue weighted by molar-refractivity contribution is -0.121. The van der Waals surface area contributed by atoms with Gasteiger partial charge < -0.3 is 9.64 Å². The van der Waals surface area contributed by atoms with Gasteiger partial charge in [0.15, 0.2) is 0 Å². The van der Waals surface area contributed by atoms with E-state index in [0.29, 0.717) is 13.1 Å². The third-order valence-corrected chi connectivity index (χ3v) is 3.12. The zero-order valence-electron chi connectivity index (χ0n) is 9.89. The fraction of sp³-hybridized carbons (Fsp3) is 0.900. The Kier molecular flexibility index (Phi) is 2.28. The van der Waals surface area contributed by atoms with Crippen LogP contribution in [0.1, 0.15) is 28.6 Å². The predicted octanol–water partition coefficient (Wildman–Crippen LogP) is 1.28. The standard InChI is InChI=1S/C10H19NO2/c1-9(2,3)10(13-4)5-6-11(7-10)8-12/h8H,5-7H2,1-4H3/i8D. The number of carbonyl (C=O) groups is 1. The maximum absolute atomic E-state index is 10.9. The number of hydrogen-bond donors (Lipinski definition) is 0. The van der Waals surface area contributed by atoms with Gasteiger partial charge in [0.2, 0.25) is 6.39 Å². The Balaban J connectivity index is 2.82. The third kappa shape index (κ3) is 1.70. The highest BCUT2D eigenvalue weighted by Gasteiger charge is 2.47. The largest absolute Gasteiger partial charge is 0.376 e. The van der Waals surface area contributed by atoms with Gasteiger partial charge in [0.25, 0.3) is 0 Å². The van der Waals surface area contributed by atoms with Crippen molar-refractivity contribution in [3.63, 3.8) is 0 Å². The second kappa shape index (κ2) is 3.29. The Morgan fingerprint density at radius 2 is 2.23 bits per heavy atom. The molecular weight excluding hydrogens is 166 g/mol. The number of rotatable bonds is 1. The Morgan fingerprint density at radius 1 is 1.62 bits per heavy atom. The van der Waals surface area contributed by atoms with E-state index < -0.39 is 6.39 Å². The van der Waals surface area contributed by atoms with E-state index in [1.54, 1.807) is 7.11 Å². The number of ether oxygens (including phenoxy) is 1. The van der Waals surface area contributed by atoms with Crippen LogP contribution in [-0.4, -0.2) is 37.1 Å². The molecule has 0 aromatic rings. The smallest absolute Gasteiger partial charge is 0.209 e. The van der Waals surface area contributed by atoms with Crippen LogP contribution in [0.5, 0.6) is 0 Å². The summed E-state index contributed by atoms with van der Waals surface area (Å²) in [5.41, 5.74) is -0.296. The fourth-order valence-electron chi connectivity index (χ4n) is 1.94. The first-order valence-electron chi connectivity index (χ1n) is 5.13. The fourth-order valence-corrected chi connectivity index (χ4v) is 1.94. The average molecular weight is 186 g/mol. The molecule has 0 radical (unpaired) electrons. The van der Waals surface area contributed by atoms with Crippen molar-refractivity contribution in [3.8, 4) is 0 Å². The van der Waals surface area contributed by atoms with Gasteiger partial charge in [-0.05, 0) is 11.8 Å². The van der Waals surface area contributed by atoms with Gasteiger partial charge in [-0.15, -0.1) is 0 Å². The van der Waals surface area contributed by atoms with Gasteiger partial charge in [0.1, 0.15) is 1.37 Å². The van der Waals surface area contributed by atoms with Crippen LogP contribution < -0.4 is 0 Å². The quantitative estimate of drug-likeness (QED) is 0.577. The summed E-state index contributed by atoms with van der Waals surface area (Å²) in [4.78, 5) is 12.5. The molecule has 0 aliphatic carbocycles. The molecule has 1 fully saturated rings. The van der Waals surface area contributed by atoms with Crippen LogP contribution in [-0.2, 0) is 9.53 Å². The monoisotopic (exact) mass is 186 g/mol. The average Bonchev–Trinajstić information content (AvgIpc) is 2.47. The van der Waals surface area contributed by atoms with Crippen molar-refractivity contribution in [2.24, 2.45) is 5.41 Å². The van der Waals surface area contributed by atoms with Crippen molar-refractivity contribution < 1.29 is 10.9 Å². The van der Waals surface area contributed by atoms with Gasteiger partial charge in [-0.25, -0.2) is 0 Å². The van der Waals surface area contributed by atoms with Crippen molar-refractivity contribution in [1.82, 2.24) is 4.90 Å². The molecular formula is C10H19NO2. The first-order chi connectivity index (χ1) is 6.32. The van der Waals surface area contributed by atoms with Crippen molar-refractivity contribution >= 4 is 6.39 Å². The first kappa shape index (κ1) is 9.00. The first-order valence-corrected chi connectivity index (χ1v) is 4.63. The van der Waals surface area contributed by atoms with E-state index in [4.69, 9.17) is 6.11 Å². The summed E-state index contributed by atoms with van der Waals surface area (Å²) in [6, 6.07) is 0. The Hall–Kier alpha value is -0.570. The minimum absolute atomic E-state index is 0.00799. The van der Waals surface area contributed by atoms with Crippen molar-refractivity contribution in [2.75, 3.05) is 20.2 Å². The molecule has 76 valence electrons. The number of amides is 1. The molecule has 0 bridgehead atoms. The summed E-state index contributed by atoms with van der Waals surface area (Å²) in [5, 5.41) is 0. The SMILES string of the molecule is [2H]C(=O)N1CCC(OC)(C(C)(C)C)C1. The lowest BCUT2D eigenvalue weighted by Gasteiger charge is -2.40. The summed E-state index contributed by atoms with van der Waals surface area (Å²) in [5.74, 6) is 0. The molecule has 0 aromatic carbocycles. The maximum atomic E-state index is 10.9. The number of likely N-dealkylation sites (tertiary alicyclic amines) is 1. The van der Waals surface area contributed by atoms with Crippen LogP contribution >= 0.6 is 0 Å². The lowest BCUT2D eigenvalue weighted by atomic mass is 9.75. The summed E-state index contributed by atoms with van der Waals surface area (Å²) >= 11 is 0. The highest BCUT2D eigenvalue weighted by molar-refractivity contribution is 5.48. The highest BCUT2D eigenvalue weighted by Crippen LogP contribution is 2.40. The summed E-state index contributed by atoms with van der Waals surface area (Å²) in [6.07, 6.45) is 0.214. The zero-order valence-corrected chi connectivity index (χ0v) is 8.89. The van der Waals surface area contributed by atoms with Gasteiger partial charge in [-0.3, -0.25) is 4.79 Å². The molecule has 0 aromatic heterocycles. The molecule has 3 nitrogen and oxygen atoms in total. The number of hydrogen-bond acceptors (Lipinski definition) is 2. The molecule has 1 saturated heterocycles. The van der Waals surface area contributed by atoms with E-state index in [9.17, 15) is 4.79 Å². The van der Waals surface area contributed by atoms with Crippen molar-refractivity contribution in [1.29, 1.82) is 0 Å². The van der Waals surface area contributed by atoms with Gasteiger partial charge >= 0.3 is 0 Å². The van der Waals surface area contributed by atoms with Crippen molar-refractivity contribution in [3.05, 3.63) is 0 Å². The van der Waals surface area contributed by atoms with E-state index in [2.05, 4.69) is 20.8 Å². The van der Waals surface area contributed by atoms with Crippen LogP contribution in [0.2, 0.25) is 0 Å². The van der Waals surface area contributed by atoms with Gasteiger partial charge in [-0.1, -0.05) is 20.8 Å². The number of nitrogens with zero attached hydrogens (tertiary/aromatic N) is 1. The van der Waals surface area contributed by atoms with E-state index in [-0.39, 0.29) is 11.0 Å². The van der Waals surface area contributed by atoms with Crippen molar-refractivity contribution in [2.45, 2.75) is 32.8 Å². The molecule has 1 aliphatic heterocycles. The van der Waals surface area contributed by atoms with E-state index in [1.807, 2.05) is 0 Å². The molecule has 0 saturated carbocycles. The van der Waals surface area contributed by atoms with Crippen LogP contribution in [0.25, 0.3) is 0 Å². The van der Waals surface area contributed by atoms with Crippen LogP contribution in [0.3, 0.4) is 0 Å². The van der Waals surface area contributed by atoms with Crippen LogP contribution in [0.15, 0.2) is 0 Å². The highest BCUT2D eigenvalue weighted by atomic mass is 16.5. The minimum atomic E-state index is -0.604. The second-order valence-electron chi connectivity index (χ2n) is 4.71. The molecule has 0 spiro atoms. The zero-order chi connectivity index (χ0) is 11.0. The van der Waals surface area contributed by atoms with Crippen LogP contribution in [0.4, 0.5) is 0 Å². The summed E-state index contributed by atoms with van der Waals surface area (Å²) in [7, 11) is 1.68. The van der Waals surface area contributed by atoms with Gasteiger partial charge in [0, 0.05) is 20.2 Å². The maximum Gasteiger partial charge on any atom is 0.209 e. The van der Waals surface area contributed by atoms with Gasteiger partial charge in [0.05, 0.1) is 5.60 Å². The van der Waals surface area contributed by atoms with Crippen LogP contribution in [0, 0.1) is 5.41 Å². The Morgan fingerprint density at radius 3 is 2.46 bits per heavy atom. The molecule has 0 N–H and O–H groups in total. The lowest BCUT2D eigenvalue weighted by Crippen LogP contribution is -2.46. The third-order valence-electron chi connectivity index (χ3n) is 3.12. The number of methoxy groups -OCH3 is 1. The molecule has 1 rings (SSSR count). The molecule has 1 amide bonds. The Labute approximate surface area is 81.5 Å². The van der Waals surface area contributed by atoms with E-state index >= 15 is 0 Å². The molecule has 13 heavy (non-hydrogen) atoms. The summed E-state index contributed by atoms with van der Waals surface area (Å²) in [6.45, 7) is 7.49. The molecule has 1 heterocycles. The van der Waals surface area contributed by atoms with Gasteiger partial charge in [-0.2, -0.15) is 0 Å². The van der Waals surface area contributed by atoms with E-state index in [1.165, 1.54) is 4.90 Å². The molecule has 1 atom stereocenters. The second-order valence-corrected chi connectivity index (χ2v) is 4.71. The normalized spacial score (nSPS) is 30.5. The van der Waals surface area contributed by atoms with E-state index in [0.717, 1.165) is 6.42 Å². The molecule has 1 aliphatic rings. The minimum Gasteiger partial charge on any atom is -0.376 e. The topological polar surface area (TPSA) is 29.5 Å². The molecule has 1 unspecified atom stereocenters. The molecule has 3 heteroatoms.